The maximum absolute atomic E-state index is 11.1. The average Bonchev–Trinajstić information content (AvgIpc) is 2.30. The Morgan fingerprint density at radius 2 is 2.06 bits per heavy atom. The highest BCUT2D eigenvalue weighted by Crippen LogP contribution is 2.02. The number of hydrogen-bond donors (Lipinski definition) is 3. The third-order valence-corrected chi connectivity index (χ3v) is 1.75. The molecule has 1 aromatic carbocycles. The van der Waals surface area contributed by atoms with Crippen LogP contribution in [0, 0.1) is 0 Å². The Balaban J connectivity index is 0.000000221. The van der Waals surface area contributed by atoms with Crippen LogP contribution in [-0.2, 0) is 4.79 Å². The predicted octanol–water partition coefficient (Wildman–Crippen LogP) is -0.0807. The number of nitrogens with two attached hydrogens (primary N) is 1. The summed E-state index contributed by atoms with van der Waals surface area (Å²) in [5.41, 5.74) is 2.53. The quantitative estimate of drug-likeness (QED) is 0.328. The largest absolute Gasteiger partial charge is 0.313 e. The van der Waals surface area contributed by atoms with Gasteiger partial charge in [0.15, 0.2) is 0 Å². The van der Waals surface area contributed by atoms with Gasteiger partial charge < -0.3 is 4.98 Å². The Kier molecular flexibility index (Phi) is 4.16. The first-order valence-corrected chi connectivity index (χ1v) is 4.54. The molecule has 4 N–H and O–H groups in total. The summed E-state index contributed by atoms with van der Waals surface area (Å²) in [5.74, 6) is 4.35. The van der Waals surface area contributed by atoms with Crippen molar-refractivity contribution in [2.75, 3.05) is 0 Å². The smallest absolute Gasteiger partial charge is 0.258 e. The lowest BCUT2D eigenvalue weighted by molar-refractivity contribution is -0.119. The summed E-state index contributed by atoms with van der Waals surface area (Å²) in [6.07, 6.45) is 1.41. The van der Waals surface area contributed by atoms with Crippen LogP contribution in [0.15, 0.2) is 35.4 Å². The van der Waals surface area contributed by atoms with E-state index >= 15 is 0 Å². The molecule has 0 aliphatic carbocycles. The highest BCUT2D eigenvalue weighted by atomic mass is 16.2. The minimum Gasteiger partial charge on any atom is -0.313 e. The summed E-state index contributed by atoms with van der Waals surface area (Å²) < 4.78 is 0. The molecule has 0 aliphatic rings. The summed E-state index contributed by atoms with van der Waals surface area (Å²) in [7, 11) is 0. The van der Waals surface area contributed by atoms with Crippen LogP contribution in [0.1, 0.15) is 6.92 Å². The first-order valence-electron chi connectivity index (χ1n) is 4.54. The van der Waals surface area contributed by atoms with Gasteiger partial charge >= 0.3 is 0 Å². The zero-order valence-corrected chi connectivity index (χ0v) is 8.73. The van der Waals surface area contributed by atoms with Gasteiger partial charge in [0.05, 0.1) is 17.2 Å². The minimum atomic E-state index is -0.218. The first-order chi connectivity index (χ1) is 7.65. The summed E-state index contributed by atoms with van der Waals surface area (Å²) >= 11 is 0. The molecule has 1 aromatic heterocycles. The number of nitrogens with one attached hydrogen (secondary N) is 2. The van der Waals surface area contributed by atoms with Crippen molar-refractivity contribution in [3.05, 3.63) is 40.9 Å². The van der Waals surface area contributed by atoms with Gasteiger partial charge in [-0.15, -0.1) is 0 Å². The van der Waals surface area contributed by atoms with Gasteiger partial charge in [-0.25, -0.2) is 10.8 Å². The van der Waals surface area contributed by atoms with Crippen molar-refractivity contribution in [2.45, 2.75) is 6.92 Å². The van der Waals surface area contributed by atoms with Crippen molar-refractivity contribution in [2.24, 2.45) is 5.84 Å². The molecule has 0 bridgehead atoms. The van der Waals surface area contributed by atoms with E-state index in [1.54, 1.807) is 6.07 Å². The van der Waals surface area contributed by atoms with Gasteiger partial charge in [-0.1, -0.05) is 12.1 Å². The number of aromatic amines is 1. The molecule has 6 nitrogen and oxygen atoms in total. The molecule has 0 saturated carbocycles. The molecule has 0 spiro atoms. The Morgan fingerprint density at radius 1 is 1.44 bits per heavy atom. The Morgan fingerprint density at radius 3 is 2.62 bits per heavy atom. The third-order valence-electron chi connectivity index (χ3n) is 1.75. The SMILES string of the molecule is CC(=O)NN.O=c1[nH]cnc2ccccc12. The van der Waals surface area contributed by atoms with Crippen LogP contribution in [0.3, 0.4) is 0 Å². The van der Waals surface area contributed by atoms with Crippen LogP contribution in [-0.4, -0.2) is 15.9 Å². The van der Waals surface area contributed by atoms with E-state index in [1.165, 1.54) is 13.3 Å². The highest BCUT2D eigenvalue weighted by molar-refractivity contribution is 5.76. The molecule has 2 rings (SSSR count). The zero-order valence-electron chi connectivity index (χ0n) is 8.73. The predicted molar refractivity (Wildman–Crippen MR) is 60.4 cm³/mol. The number of hydrogen-bond acceptors (Lipinski definition) is 4. The molecular weight excluding hydrogens is 208 g/mol. The van der Waals surface area contributed by atoms with Crippen LogP contribution in [0.2, 0.25) is 0 Å². The second-order valence-corrected chi connectivity index (χ2v) is 2.95. The molecule has 0 fully saturated rings. The number of carbonyl (C=O) groups excluding carboxylic acids is 1. The second kappa shape index (κ2) is 5.62. The number of hydrazine groups is 1. The van der Waals surface area contributed by atoms with E-state index in [0.717, 1.165) is 5.52 Å². The van der Waals surface area contributed by atoms with E-state index in [4.69, 9.17) is 0 Å². The fraction of sp³-hybridized carbons (Fsp3) is 0.100. The molecule has 0 unspecified atom stereocenters. The molecule has 0 atom stereocenters. The highest BCUT2D eigenvalue weighted by Gasteiger charge is 1.94. The molecule has 0 aliphatic heterocycles. The molecule has 0 saturated heterocycles. The van der Waals surface area contributed by atoms with Crippen molar-refractivity contribution in [3.63, 3.8) is 0 Å². The third kappa shape index (κ3) is 3.18. The maximum Gasteiger partial charge on any atom is 0.258 e. The van der Waals surface area contributed by atoms with Crippen LogP contribution < -0.4 is 16.8 Å². The van der Waals surface area contributed by atoms with Crippen molar-refractivity contribution < 1.29 is 4.79 Å². The monoisotopic (exact) mass is 220 g/mol. The van der Waals surface area contributed by atoms with Gasteiger partial charge in [0.2, 0.25) is 5.91 Å². The van der Waals surface area contributed by atoms with Crippen molar-refractivity contribution in [3.8, 4) is 0 Å². The standard InChI is InChI=1S/C8H6N2O.C2H6N2O/c11-8-6-3-1-2-4-7(6)9-5-10-8;1-2(5)4-3/h1-5H,(H,9,10,11);3H2,1H3,(H,4,5). The molecular formula is C10H12N4O2. The average molecular weight is 220 g/mol. The number of para-hydroxylation sites is 1. The lowest BCUT2D eigenvalue weighted by Crippen LogP contribution is -2.26. The molecule has 84 valence electrons. The number of carbonyl (C=O) groups is 1. The molecule has 2 aromatic rings. The summed E-state index contributed by atoms with van der Waals surface area (Å²) in [4.78, 5) is 27.2. The van der Waals surface area contributed by atoms with Gasteiger partial charge in [0.1, 0.15) is 0 Å². The van der Waals surface area contributed by atoms with E-state index in [1.807, 2.05) is 23.6 Å². The van der Waals surface area contributed by atoms with E-state index in [9.17, 15) is 9.59 Å². The molecule has 6 heteroatoms. The molecule has 1 amide bonds. The Hall–Kier alpha value is -2.21. The van der Waals surface area contributed by atoms with Crippen LogP contribution in [0.4, 0.5) is 0 Å². The normalized spacial score (nSPS) is 9.12. The van der Waals surface area contributed by atoms with Gasteiger partial charge in [0.25, 0.3) is 5.56 Å². The molecule has 1 heterocycles. The van der Waals surface area contributed by atoms with Gasteiger partial charge in [-0.2, -0.15) is 0 Å². The number of nitrogens with zero attached hydrogens (tertiary/aromatic N) is 1. The van der Waals surface area contributed by atoms with Gasteiger partial charge in [-0.05, 0) is 12.1 Å². The van der Waals surface area contributed by atoms with Crippen LogP contribution >= 0.6 is 0 Å². The van der Waals surface area contributed by atoms with Crippen molar-refractivity contribution >= 4 is 16.8 Å². The maximum atomic E-state index is 11.1. The Bertz CT molecular complexity index is 530. The zero-order chi connectivity index (χ0) is 12.0. The van der Waals surface area contributed by atoms with Crippen molar-refractivity contribution in [1.82, 2.24) is 15.4 Å². The minimum absolute atomic E-state index is 0.0874. The summed E-state index contributed by atoms with van der Waals surface area (Å²) in [5, 5.41) is 0.634. The number of H-pyrrole nitrogens is 1. The Labute approximate surface area is 91.5 Å². The fourth-order valence-corrected chi connectivity index (χ4v) is 1.02. The van der Waals surface area contributed by atoms with E-state index in [0.29, 0.717) is 5.39 Å². The summed E-state index contributed by atoms with van der Waals surface area (Å²) in [6.45, 7) is 1.35. The molecule has 0 radical (unpaired) electrons. The van der Waals surface area contributed by atoms with E-state index in [2.05, 4.69) is 15.8 Å². The van der Waals surface area contributed by atoms with Gasteiger partial charge in [-0.3, -0.25) is 15.0 Å². The van der Waals surface area contributed by atoms with Crippen molar-refractivity contribution in [1.29, 1.82) is 0 Å². The van der Waals surface area contributed by atoms with E-state index in [-0.39, 0.29) is 11.5 Å². The first kappa shape index (κ1) is 11.9. The van der Waals surface area contributed by atoms with Crippen LogP contribution in [0.25, 0.3) is 10.9 Å². The lowest BCUT2D eigenvalue weighted by atomic mass is 10.2. The van der Waals surface area contributed by atoms with Crippen LogP contribution in [0.5, 0.6) is 0 Å². The van der Waals surface area contributed by atoms with E-state index < -0.39 is 0 Å². The van der Waals surface area contributed by atoms with Gasteiger partial charge in [0, 0.05) is 6.92 Å². The summed E-state index contributed by atoms with van der Waals surface area (Å²) in [6, 6.07) is 7.24. The lowest BCUT2D eigenvalue weighted by Gasteiger charge is -1.91. The number of aromatic nitrogens is 2. The number of amides is 1. The topological polar surface area (TPSA) is 101 Å². The number of rotatable bonds is 0. The fourth-order valence-electron chi connectivity index (χ4n) is 1.02. The second-order valence-electron chi connectivity index (χ2n) is 2.95. The number of fused-ring (bicyclic) bond motifs is 1. The molecule has 16 heavy (non-hydrogen) atoms. The number of benzene rings is 1.